The summed E-state index contributed by atoms with van der Waals surface area (Å²) in [7, 11) is -8.74. The Kier molecular flexibility index (Phi) is 8.69. The molecule has 17 heteroatoms. The number of anilines is 1. The number of rotatable bonds is 10. The number of carbonyl (C=O) groups is 1. The maximum Gasteiger partial charge on any atom is 0.296 e. The van der Waals surface area contributed by atoms with Gasteiger partial charge in [-0.15, -0.1) is 9.45 Å². The van der Waals surface area contributed by atoms with E-state index in [1.165, 1.54) is 49.4 Å². The molecule has 1 amide bonds. The number of phenolic OH excluding ortho intramolecular Hbond substituents is 1. The van der Waals surface area contributed by atoms with E-state index in [9.17, 15) is 35.5 Å². The maximum atomic E-state index is 12.3. The van der Waals surface area contributed by atoms with Crippen LogP contribution in [0.3, 0.4) is 0 Å². The summed E-state index contributed by atoms with van der Waals surface area (Å²) in [5.41, 5.74) is -0.207. The lowest BCUT2D eigenvalue weighted by Crippen LogP contribution is -2.14. The molecular formula is C20H19N3O11S3. The van der Waals surface area contributed by atoms with E-state index in [0.29, 0.717) is 5.69 Å². The first-order valence-corrected chi connectivity index (χ1v) is 14.3. The third-order valence-corrected chi connectivity index (χ3v) is 8.34. The first kappa shape index (κ1) is 28.3. The Balaban J connectivity index is 1.96. The van der Waals surface area contributed by atoms with Gasteiger partial charge in [0.25, 0.3) is 10.1 Å². The number of amides is 1. The van der Waals surface area contributed by atoms with E-state index in [2.05, 4.69) is 24.9 Å². The molecule has 0 aliphatic rings. The second kappa shape index (κ2) is 11.4. The van der Waals surface area contributed by atoms with Crippen molar-refractivity contribution in [2.45, 2.75) is 16.7 Å². The zero-order valence-corrected chi connectivity index (χ0v) is 21.2. The van der Waals surface area contributed by atoms with Crippen LogP contribution in [-0.4, -0.2) is 53.4 Å². The molecule has 4 N–H and O–H groups in total. The van der Waals surface area contributed by atoms with Gasteiger partial charge in [0.2, 0.25) is 5.91 Å². The minimum absolute atomic E-state index is 0.0623. The van der Waals surface area contributed by atoms with Crippen molar-refractivity contribution in [3.8, 4) is 5.75 Å². The zero-order valence-electron chi connectivity index (χ0n) is 18.8. The van der Waals surface area contributed by atoms with Crippen LogP contribution < -0.4 is 5.32 Å². The topological polar surface area (TPSA) is 218 Å². The van der Waals surface area contributed by atoms with Gasteiger partial charge in [-0.2, -0.15) is 13.5 Å². The Hall–Kier alpha value is -3.32. The Bertz CT molecular complexity index is 1600. The predicted molar refractivity (Wildman–Crippen MR) is 130 cm³/mol. The lowest BCUT2D eigenvalue weighted by Gasteiger charge is -2.10. The van der Waals surface area contributed by atoms with E-state index in [1.54, 1.807) is 0 Å². The van der Waals surface area contributed by atoms with Gasteiger partial charge < -0.3 is 10.4 Å². The standard InChI is InChI=1S/C20H19N3O11S3/c1-12(24)21-15-3-2-13-10-18(37(30,31)32)19(20(25)17(13)11-15)23-22-14-4-6-16(7-5-14)36(28,29)9-8-35(27)34-33-26/h2-7,10-11,25-26H,8-9H2,1H3,(H,21,24)(H,30,31,32). The monoisotopic (exact) mass is 573 g/mol. The third kappa shape index (κ3) is 7.13. The number of phenols is 1. The van der Waals surface area contributed by atoms with Crippen molar-refractivity contribution in [1.29, 1.82) is 0 Å². The molecule has 0 bridgehead atoms. The molecule has 3 rings (SSSR count). The van der Waals surface area contributed by atoms with E-state index in [1.807, 2.05) is 0 Å². The minimum Gasteiger partial charge on any atom is -0.505 e. The number of hydrogen-bond donors (Lipinski definition) is 4. The van der Waals surface area contributed by atoms with Crippen LogP contribution >= 0.6 is 0 Å². The predicted octanol–water partition coefficient (Wildman–Crippen LogP) is 3.02. The van der Waals surface area contributed by atoms with Crippen molar-refractivity contribution >= 4 is 64.8 Å². The van der Waals surface area contributed by atoms with E-state index < -0.39 is 58.9 Å². The van der Waals surface area contributed by atoms with Gasteiger partial charge in [-0.25, -0.2) is 17.9 Å². The molecule has 1 atom stereocenters. The van der Waals surface area contributed by atoms with Gasteiger partial charge in [0, 0.05) is 18.0 Å². The number of carbonyl (C=O) groups excluding carboxylic acids is 1. The van der Waals surface area contributed by atoms with Crippen LogP contribution in [0.15, 0.2) is 68.6 Å². The number of aromatic hydroxyl groups is 1. The molecule has 198 valence electrons. The molecule has 0 saturated carbocycles. The van der Waals surface area contributed by atoms with Crippen LogP contribution in [0.2, 0.25) is 0 Å². The molecule has 1 unspecified atom stereocenters. The summed E-state index contributed by atoms with van der Waals surface area (Å²) in [5, 5.41) is 32.5. The number of hydrogen-bond acceptors (Lipinski definition) is 12. The molecule has 0 heterocycles. The third-order valence-electron chi connectivity index (χ3n) is 4.74. The van der Waals surface area contributed by atoms with Gasteiger partial charge in [-0.05, 0) is 47.9 Å². The summed E-state index contributed by atoms with van der Waals surface area (Å²) >= 11 is -2.19. The number of sulfone groups is 1. The van der Waals surface area contributed by atoms with E-state index >= 15 is 0 Å². The fraction of sp³-hybridized carbons (Fsp3) is 0.150. The molecule has 3 aromatic rings. The van der Waals surface area contributed by atoms with Crippen molar-refractivity contribution in [1.82, 2.24) is 0 Å². The normalized spacial score (nSPS) is 13.2. The van der Waals surface area contributed by atoms with E-state index in [0.717, 1.165) is 6.07 Å². The Morgan fingerprint density at radius 3 is 2.32 bits per heavy atom. The fourth-order valence-electron chi connectivity index (χ4n) is 3.11. The summed E-state index contributed by atoms with van der Waals surface area (Å²) in [4.78, 5) is 10.4. The van der Waals surface area contributed by atoms with Gasteiger partial charge in [0.15, 0.2) is 26.7 Å². The fourth-order valence-corrected chi connectivity index (χ4v) is 6.11. The van der Waals surface area contributed by atoms with Crippen LogP contribution in [0.5, 0.6) is 5.75 Å². The lowest BCUT2D eigenvalue weighted by molar-refractivity contribution is -0.434. The number of nitrogens with one attached hydrogen (secondary N) is 1. The van der Waals surface area contributed by atoms with E-state index in [4.69, 9.17) is 5.26 Å². The second-order valence-electron chi connectivity index (χ2n) is 7.33. The highest BCUT2D eigenvalue weighted by Gasteiger charge is 2.22. The molecule has 0 saturated heterocycles. The zero-order chi connectivity index (χ0) is 27.4. The van der Waals surface area contributed by atoms with Crippen molar-refractivity contribution in [2.75, 3.05) is 16.8 Å². The summed E-state index contributed by atoms with van der Waals surface area (Å²) in [6.07, 6.45) is 0. The van der Waals surface area contributed by atoms with Crippen molar-refractivity contribution in [2.24, 2.45) is 10.2 Å². The van der Waals surface area contributed by atoms with Crippen LogP contribution in [0, 0.1) is 0 Å². The number of nitrogens with zero attached hydrogens (tertiary/aromatic N) is 2. The average molecular weight is 574 g/mol. The van der Waals surface area contributed by atoms with Crippen molar-refractivity contribution in [3.63, 3.8) is 0 Å². The minimum atomic E-state index is -4.85. The average Bonchev–Trinajstić information content (AvgIpc) is 2.82. The molecule has 0 aliphatic heterocycles. The summed E-state index contributed by atoms with van der Waals surface area (Å²) in [5.74, 6) is -2.08. The highest BCUT2D eigenvalue weighted by atomic mass is 32.2. The largest absolute Gasteiger partial charge is 0.505 e. The summed E-state index contributed by atoms with van der Waals surface area (Å²) < 4.78 is 73.4. The Morgan fingerprint density at radius 1 is 1.05 bits per heavy atom. The molecule has 0 radical (unpaired) electrons. The van der Waals surface area contributed by atoms with Crippen LogP contribution in [0.4, 0.5) is 17.1 Å². The number of azo groups is 1. The molecular weight excluding hydrogens is 554 g/mol. The molecule has 0 fully saturated rings. The number of benzene rings is 3. The van der Waals surface area contributed by atoms with Gasteiger partial charge >= 0.3 is 0 Å². The van der Waals surface area contributed by atoms with E-state index in [-0.39, 0.29) is 27.3 Å². The smallest absolute Gasteiger partial charge is 0.296 e. The molecule has 3 aromatic carbocycles. The second-order valence-corrected chi connectivity index (χ2v) is 12.0. The van der Waals surface area contributed by atoms with Gasteiger partial charge in [-0.3, -0.25) is 9.35 Å². The highest BCUT2D eigenvalue weighted by molar-refractivity contribution is 7.92. The molecule has 0 spiro atoms. The number of fused-ring (bicyclic) bond motifs is 1. The van der Waals surface area contributed by atoms with Crippen LogP contribution in [0.1, 0.15) is 6.92 Å². The molecule has 0 aromatic heterocycles. The van der Waals surface area contributed by atoms with Gasteiger partial charge in [0.05, 0.1) is 22.1 Å². The molecule has 0 aliphatic carbocycles. The molecule has 14 nitrogen and oxygen atoms in total. The molecule has 37 heavy (non-hydrogen) atoms. The highest BCUT2D eigenvalue weighted by Crippen LogP contribution is 2.42. The maximum absolute atomic E-state index is 12.3. The van der Waals surface area contributed by atoms with Gasteiger partial charge in [-0.1, -0.05) is 11.1 Å². The van der Waals surface area contributed by atoms with Crippen molar-refractivity contribution < 1.29 is 50.1 Å². The van der Waals surface area contributed by atoms with Crippen LogP contribution in [0.25, 0.3) is 10.8 Å². The SMILES string of the molecule is CC(=O)Nc1ccc2cc(S(=O)(=O)O)c(N=Nc3ccc(S(=O)(=O)CCS(=O)OOO)cc3)c(O)c2c1. The first-order valence-electron chi connectivity index (χ1n) is 9.98. The summed E-state index contributed by atoms with van der Waals surface area (Å²) in [6, 6.07) is 10.2. The lowest BCUT2D eigenvalue weighted by atomic mass is 10.1. The Labute approximate surface area is 212 Å². The Morgan fingerprint density at radius 2 is 1.73 bits per heavy atom. The first-order chi connectivity index (χ1) is 17.3. The van der Waals surface area contributed by atoms with Crippen LogP contribution in [-0.2, 0) is 45.2 Å². The quantitative estimate of drug-likeness (QED) is 0.119. The summed E-state index contributed by atoms with van der Waals surface area (Å²) in [6.45, 7) is 1.28. The van der Waals surface area contributed by atoms with Crippen molar-refractivity contribution in [3.05, 3.63) is 48.5 Å². The van der Waals surface area contributed by atoms with Gasteiger partial charge in [0.1, 0.15) is 10.6 Å².